The summed E-state index contributed by atoms with van der Waals surface area (Å²) < 4.78 is 5.92. The molecule has 0 aliphatic carbocycles. The summed E-state index contributed by atoms with van der Waals surface area (Å²) in [5.74, 6) is 0.871. The Balaban J connectivity index is 0.00000243. The molecule has 2 saturated heterocycles. The fourth-order valence-corrected chi connectivity index (χ4v) is 3.89. The Hall–Kier alpha value is -0.860. The van der Waals surface area contributed by atoms with Crippen LogP contribution in [0, 0.1) is 0 Å². The molecule has 6 heteroatoms. The van der Waals surface area contributed by atoms with Gasteiger partial charge in [-0.25, -0.2) is 0 Å². The van der Waals surface area contributed by atoms with Crippen molar-refractivity contribution >= 4 is 29.9 Å². The lowest BCUT2D eigenvalue weighted by Gasteiger charge is -2.23. The van der Waals surface area contributed by atoms with E-state index in [2.05, 4.69) is 58.6 Å². The maximum atomic E-state index is 5.92. The number of guanidine groups is 1. The van der Waals surface area contributed by atoms with Crippen molar-refractivity contribution < 1.29 is 4.74 Å². The molecule has 2 heterocycles. The molecule has 1 aromatic rings. The van der Waals surface area contributed by atoms with E-state index in [0.29, 0.717) is 18.2 Å². The van der Waals surface area contributed by atoms with Crippen molar-refractivity contribution in [3.05, 3.63) is 35.4 Å². The minimum Gasteiger partial charge on any atom is -0.373 e. The van der Waals surface area contributed by atoms with E-state index in [1.165, 1.54) is 24.0 Å². The van der Waals surface area contributed by atoms with Gasteiger partial charge in [0.15, 0.2) is 5.96 Å². The summed E-state index contributed by atoms with van der Waals surface area (Å²) in [6, 6.07) is 9.22. The molecule has 2 bridgehead atoms. The largest absolute Gasteiger partial charge is 0.373 e. The molecule has 0 amide bonds. The van der Waals surface area contributed by atoms with Crippen molar-refractivity contribution in [1.29, 1.82) is 0 Å². The minimum absolute atomic E-state index is 0. The van der Waals surface area contributed by atoms with Gasteiger partial charge in [0.05, 0.1) is 18.2 Å². The third-order valence-electron chi connectivity index (χ3n) is 5.40. The normalized spacial score (nSPS) is 24.6. The van der Waals surface area contributed by atoms with Crippen molar-refractivity contribution in [2.24, 2.45) is 4.99 Å². The Bertz CT molecular complexity index is 591. The molecule has 5 nitrogen and oxygen atoms in total. The average molecular weight is 472 g/mol. The number of fused-ring (bicyclic) bond motifs is 2. The lowest BCUT2D eigenvalue weighted by Crippen LogP contribution is -2.47. The summed E-state index contributed by atoms with van der Waals surface area (Å²) in [5, 5.41) is 6.99. The van der Waals surface area contributed by atoms with Gasteiger partial charge in [-0.15, -0.1) is 24.0 Å². The van der Waals surface area contributed by atoms with Crippen LogP contribution in [0.25, 0.3) is 0 Å². The molecule has 3 atom stereocenters. The van der Waals surface area contributed by atoms with Gasteiger partial charge in [0, 0.05) is 20.1 Å². The predicted molar refractivity (Wildman–Crippen MR) is 118 cm³/mol. The number of ether oxygens (including phenoxy) is 1. The number of nitrogens with zero attached hydrogens (tertiary/aromatic N) is 2. The molecule has 3 rings (SSSR count). The molecule has 0 aromatic heterocycles. The fraction of sp³-hybridized carbons (Fsp3) is 0.650. The maximum Gasteiger partial charge on any atom is 0.191 e. The van der Waals surface area contributed by atoms with Crippen molar-refractivity contribution in [1.82, 2.24) is 15.5 Å². The van der Waals surface area contributed by atoms with Gasteiger partial charge in [-0.2, -0.15) is 0 Å². The zero-order valence-corrected chi connectivity index (χ0v) is 18.5. The van der Waals surface area contributed by atoms with Crippen LogP contribution in [0.2, 0.25) is 0 Å². The van der Waals surface area contributed by atoms with Crippen LogP contribution in [0.1, 0.15) is 44.2 Å². The summed E-state index contributed by atoms with van der Waals surface area (Å²) >= 11 is 0. The summed E-state index contributed by atoms with van der Waals surface area (Å²) in [7, 11) is 1.83. The first-order valence-corrected chi connectivity index (χ1v) is 9.64. The van der Waals surface area contributed by atoms with Crippen molar-refractivity contribution in [3.8, 4) is 0 Å². The zero-order valence-electron chi connectivity index (χ0n) is 16.2. The summed E-state index contributed by atoms with van der Waals surface area (Å²) in [4.78, 5) is 6.81. The monoisotopic (exact) mass is 472 g/mol. The van der Waals surface area contributed by atoms with E-state index in [4.69, 9.17) is 4.74 Å². The second-order valence-electron chi connectivity index (χ2n) is 7.07. The van der Waals surface area contributed by atoms with Gasteiger partial charge in [0.2, 0.25) is 0 Å². The number of nitrogens with one attached hydrogen (secondary N) is 2. The van der Waals surface area contributed by atoms with Gasteiger partial charge < -0.3 is 15.4 Å². The van der Waals surface area contributed by atoms with Crippen molar-refractivity contribution in [2.75, 3.05) is 20.1 Å². The molecule has 2 fully saturated rings. The minimum atomic E-state index is 0. The van der Waals surface area contributed by atoms with Crippen LogP contribution in [0.4, 0.5) is 0 Å². The Kier molecular flexibility index (Phi) is 8.63. The van der Waals surface area contributed by atoms with Crippen LogP contribution in [0.15, 0.2) is 29.3 Å². The topological polar surface area (TPSA) is 48.9 Å². The van der Waals surface area contributed by atoms with Gasteiger partial charge >= 0.3 is 0 Å². The molecule has 2 aliphatic rings. The Morgan fingerprint density at radius 3 is 2.62 bits per heavy atom. The zero-order chi connectivity index (χ0) is 17.6. The second-order valence-corrected chi connectivity index (χ2v) is 7.07. The highest BCUT2D eigenvalue weighted by Gasteiger charge is 2.41. The quantitative estimate of drug-likeness (QED) is 0.364. The molecule has 2 N–H and O–H groups in total. The molecule has 0 radical (unpaired) electrons. The third kappa shape index (κ3) is 5.57. The van der Waals surface area contributed by atoms with E-state index in [-0.39, 0.29) is 24.0 Å². The van der Waals surface area contributed by atoms with Crippen LogP contribution in [-0.4, -0.2) is 49.2 Å². The van der Waals surface area contributed by atoms with Crippen LogP contribution in [-0.2, 0) is 17.8 Å². The highest BCUT2D eigenvalue weighted by atomic mass is 127. The Morgan fingerprint density at radius 1 is 1.23 bits per heavy atom. The van der Waals surface area contributed by atoms with E-state index in [0.717, 1.165) is 38.6 Å². The van der Waals surface area contributed by atoms with Crippen LogP contribution in [0.5, 0.6) is 0 Å². The first kappa shape index (κ1) is 21.4. The number of benzene rings is 1. The van der Waals surface area contributed by atoms with Gasteiger partial charge in [-0.05, 0) is 43.5 Å². The summed E-state index contributed by atoms with van der Waals surface area (Å²) in [5.41, 5.74) is 2.66. The molecule has 26 heavy (non-hydrogen) atoms. The predicted octanol–water partition coefficient (Wildman–Crippen LogP) is 3.13. The van der Waals surface area contributed by atoms with Crippen LogP contribution >= 0.6 is 24.0 Å². The van der Waals surface area contributed by atoms with Gasteiger partial charge in [0.25, 0.3) is 0 Å². The molecular weight excluding hydrogens is 439 g/mol. The van der Waals surface area contributed by atoms with Crippen molar-refractivity contribution in [3.63, 3.8) is 0 Å². The van der Waals surface area contributed by atoms with Crippen LogP contribution in [0.3, 0.4) is 0 Å². The Labute approximate surface area is 175 Å². The molecule has 3 unspecified atom stereocenters. The first-order valence-electron chi connectivity index (χ1n) is 9.64. The number of aliphatic imine (C=N–C) groups is 1. The van der Waals surface area contributed by atoms with E-state index < -0.39 is 0 Å². The molecule has 146 valence electrons. The average Bonchev–Trinajstić information content (AvgIpc) is 3.26. The summed E-state index contributed by atoms with van der Waals surface area (Å²) in [6.07, 6.45) is 4.31. The molecule has 0 spiro atoms. The molecular formula is C20H33IN4O. The van der Waals surface area contributed by atoms with E-state index in [1.54, 1.807) is 0 Å². The maximum absolute atomic E-state index is 5.92. The van der Waals surface area contributed by atoms with E-state index >= 15 is 0 Å². The molecule has 1 aromatic carbocycles. The number of halogens is 1. The third-order valence-corrected chi connectivity index (χ3v) is 5.40. The lowest BCUT2D eigenvalue weighted by atomic mass is 9.96. The number of rotatable bonds is 7. The number of hydrogen-bond acceptors (Lipinski definition) is 3. The second kappa shape index (κ2) is 10.5. The van der Waals surface area contributed by atoms with E-state index in [1.807, 2.05) is 7.05 Å². The van der Waals surface area contributed by atoms with Crippen molar-refractivity contribution in [2.45, 2.75) is 64.4 Å². The standard InChI is InChI=1S/C20H32N4O.HI/c1-4-24(5-2)14-16-8-6-7-15(11-16)13-22-20(21-3)23-18-12-17-9-10-19(18)25-17;/h6-8,11,17-19H,4-5,9-10,12-14H2,1-3H3,(H2,21,22,23);1H. The smallest absolute Gasteiger partial charge is 0.191 e. The summed E-state index contributed by atoms with van der Waals surface area (Å²) in [6.45, 7) is 8.39. The van der Waals surface area contributed by atoms with Gasteiger partial charge in [-0.3, -0.25) is 9.89 Å². The molecule has 2 aliphatic heterocycles. The van der Waals surface area contributed by atoms with Gasteiger partial charge in [0.1, 0.15) is 0 Å². The highest BCUT2D eigenvalue weighted by Crippen LogP contribution is 2.34. The fourth-order valence-electron chi connectivity index (χ4n) is 3.89. The SMILES string of the molecule is CCN(CC)Cc1cccc(CNC(=NC)NC2CC3CCC2O3)c1.I. The van der Waals surface area contributed by atoms with Crippen LogP contribution < -0.4 is 10.6 Å². The first-order chi connectivity index (χ1) is 12.2. The van der Waals surface area contributed by atoms with Gasteiger partial charge in [-0.1, -0.05) is 38.1 Å². The highest BCUT2D eigenvalue weighted by molar-refractivity contribution is 14.0. The lowest BCUT2D eigenvalue weighted by molar-refractivity contribution is 0.0992. The van der Waals surface area contributed by atoms with E-state index in [9.17, 15) is 0 Å². The Morgan fingerprint density at radius 2 is 2.00 bits per heavy atom. The number of hydrogen-bond donors (Lipinski definition) is 2. The molecule has 0 saturated carbocycles.